The van der Waals surface area contributed by atoms with Crippen molar-refractivity contribution in [2.75, 3.05) is 38.1 Å². The lowest BCUT2D eigenvalue weighted by Crippen LogP contribution is -2.84. The number of amides is 2. The molecule has 10 heteroatoms. The number of hydrogen-bond donors (Lipinski definition) is 0. The maximum atomic E-state index is 14.0. The summed E-state index contributed by atoms with van der Waals surface area (Å²) in [5.74, 6) is -4.78. The Morgan fingerprint density at radius 2 is 1.09 bits per heavy atom. The molecule has 2 spiro atoms. The van der Waals surface area contributed by atoms with E-state index < -0.39 is 45.1 Å². The number of carbonyl (C=O) groups is 4. The van der Waals surface area contributed by atoms with Crippen LogP contribution in [0.1, 0.15) is 0 Å². The smallest absolute Gasteiger partial charge is 0.312 e. The minimum absolute atomic E-state index is 0.442. The van der Waals surface area contributed by atoms with Crippen molar-refractivity contribution in [3.05, 3.63) is 48.5 Å². The van der Waals surface area contributed by atoms with Crippen molar-refractivity contribution < 1.29 is 28.7 Å². The van der Waals surface area contributed by atoms with Gasteiger partial charge in [-0.2, -0.15) is 0 Å². The number of fused-ring (bicyclic) bond motifs is 2. The molecule has 0 bridgehead atoms. The van der Waals surface area contributed by atoms with Gasteiger partial charge in [-0.3, -0.25) is 19.2 Å². The van der Waals surface area contributed by atoms with E-state index in [1.807, 2.05) is 36.4 Å². The molecule has 2 aliphatic heterocycles. The average molecular weight is 499 g/mol. The topological polar surface area (TPSA) is 93.2 Å². The summed E-state index contributed by atoms with van der Waals surface area (Å²) >= 11 is 2.27. The van der Waals surface area contributed by atoms with Crippen LogP contribution in [0.2, 0.25) is 0 Å². The molecule has 2 aromatic carbocycles. The SMILES string of the molecule is COC(=O)C1C2(Sc3ccccc3N(C)C2=O)C(C(=O)OC)C12Sc1ccccc1N(C)C2=O. The Bertz CT molecular complexity index is 1140. The number of ether oxygens (including phenoxy) is 2. The van der Waals surface area contributed by atoms with E-state index in [0.29, 0.717) is 11.4 Å². The van der Waals surface area contributed by atoms with Crippen LogP contribution >= 0.6 is 23.5 Å². The van der Waals surface area contributed by atoms with Crippen LogP contribution in [0.4, 0.5) is 11.4 Å². The van der Waals surface area contributed by atoms with Crippen molar-refractivity contribution in [2.24, 2.45) is 11.8 Å². The van der Waals surface area contributed by atoms with Crippen molar-refractivity contribution in [2.45, 2.75) is 19.3 Å². The Morgan fingerprint density at radius 1 is 0.735 bits per heavy atom. The van der Waals surface area contributed by atoms with Gasteiger partial charge in [0.1, 0.15) is 21.3 Å². The Balaban J connectivity index is 1.77. The van der Waals surface area contributed by atoms with Gasteiger partial charge in [0.2, 0.25) is 11.8 Å². The molecule has 5 rings (SSSR count). The average Bonchev–Trinajstić information content (AvgIpc) is 2.85. The predicted molar refractivity (Wildman–Crippen MR) is 128 cm³/mol. The molecular formula is C24H22N2O6S2. The van der Waals surface area contributed by atoms with E-state index in [4.69, 9.17) is 9.47 Å². The molecule has 0 aromatic heterocycles. The van der Waals surface area contributed by atoms with E-state index in [1.54, 1.807) is 26.2 Å². The number of hydrogen-bond acceptors (Lipinski definition) is 8. The minimum atomic E-state index is -1.60. The number of anilines is 2. The highest BCUT2D eigenvalue weighted by Gasteiger charge is 2.85. The molecule has 0 unspecified atom stereocenters. The van der Waals surface area contributed by atoms with Crippen LogP contribution in [-0.4, -0.2) is 61.6 Å². The lowest BCUT2D eigenvalue weighted by Gasteiger charge is -2.65. The van der Waals surface area contributed by atoms with E-state index in [0.717, 1.165) is 33.3 Å². The van der Waals surface area contributed by atoms with E-state index in [2.05, 4.69) is 0 Å². The summed E-state index contributed by atoms with van der Waals surface area (Å²) in [6.07, 6.45) is 0. The fraction of sp³-hybridized carbons (Fsp3) is 0.333. The summed E-state index contributed by atoms with van der Waals surface area (Å²) in [5.41, 5.74) is 1.34. The standard InChI is InChI=1S/C24H22N2O6S2/c1-25-13-9-5-7-11-15(13)33-23(21(25)29)17(19(27)31-3)24(18(23)20(28)32-4)22(30)26(2)14-10-6-8-12-16(14)34-24/h5-12,17-18H,1-4H3. The number of thioether (sulfide) groups is 2. The monoisotopic (exact) mass is 498 g/mol. The second-order valence-corrected chi connectivity index (χ2v) is 11.0. The number of rotatable bonds is 2. The van der Waals surface area contributed by atoms with E-state index in [9.17, 15) is 19.2 Å². The highest BCUT2D eigenvalue weighted by atomic mass is 32.2. The third-order valence-electron chi connectivity index (χ3n) is 6.88. The number of methoxy groups -OCH3 is 2. The van der Waals surface area contributed by atoms with Gasteiger partial charge in [-0.25, -0.2) is 0 Å². The van der Waals surface area contributed by atoms with E-state index in [-0.39, 0.29) is 0 Å². The van der Waals surface area contributed by atoms with Gasteiger partial charge in [-0.05, 0) is 24.3 Å². The molecule has 34 heavy (non-hydrogen) atoms. The summed E-state index contributed by atoms with van der Waals surface area (Å²) in [7, 11) is 5.65. The minimum Gasteiger partial charge on any atom is -0.469 e. The third kappa shape index (κ3) is 2.63. The molecule has 0 atom stereocenters. The first kappa shape index (κ1) is 22.8. The van der Waals surface area contributed by atoms with Gasteiger partial charge in [0.25, 0.3) is 0 Å². The zero-order valence-electron chi connectivity index (χ0n) is 18.9. The number of nitrogens with zero attached hydrogens (tertiary/aromatic N) is 2. The number of carbonyl (C=O) groups excluding carboxylic acids is 4. The van der Waals surface area contributed by atoms with Gasteiger partial charge < -0.3 is 19.3 Å². The lowest BCUT2D eigenvalue weighted by molar-refractivity contribution is -0.174. The second-order valence-electron chi connectivity index (χ2n) is 8.37. The van der Waals surface area contributed by atoms with E-state index >= 15 is 0 Å². The predicted octanol–water partition coefficient (Wildman–Crippen LogP) is 2.59. The molecule has 2 amide bonds. The van der Waals surface area contributed by atoms with Crippen LogP contribution in [0.25, 0.3) is 0 Å². The first-order valence-corrected chi connectivity index (χ1v) is 12.2. The lowest BCUT2D eigenvalue weighted by atomic mass is 9.53. The van der Waals surface area contributed by atoms with Crippen molar-refractivity contribution in [1.29, 1.82) is 0 Å². The van der Waals surface area contributed by atoms with Crippen LogP contribution in [0.5, 0.6) is 0 Å². The van der Waals surface area contributed by atoms with Crippen molar-refractivity contribution in [3.63, 3.8) is 0 Å². The van der Waals surface area contributed by atoms with E-state index in [1.165, 1.54) is 24.0 Å². The second kappa shape index (κ2) is 7.78. The maximum absolute atomic E-state index is 14.0. The van der Waals surface area contributed by atoms with Gasteiger partial charge >= 0.3 is 11.9 Å². The molecule has 3 aliphatic rings. The van der Waals surface area contributed by atoms with Crippen molar-refractivity contribution in [1.82, 2.24) is 0 Å². The molecule has 2 aromatic rings. The largest absolute Gasteiger partial charge is 0.469 e. The molecule has 8 nitrogen and oxygen atoms in total. The molecule has 0 N–H and O–H groups in total. The molecule has 0 saturated heterocycles. The Morgan fingerprint density at radius 3 is 1.44 bits per heavy atom. The summed E-state index contributed by atoms with van der Waals surface area (Å²) in [4.78, 5) is 59.0. The molecule has 1 aliphatic carbocycles. The van der Waals surface area contributed by atoms with Crippen LogP contribution in [0, 0.1) is 11.8 Å². The summed E-state index contributed by atoms with van der Waals surface area (Å²) in [5, 5.41) is 0. The van der Waals surface area contributed by atoms with Gasteiger partial charge in [0, 0.05) is 23.9 Å². The van der Waals surface area contributed by atoms with Gasteiger partial charge in [0.15, 0.2) is 0 Å². The van der Waals surface area contributed by atoms with Gasteiger partial charge in [-0.1, -0.05) is 24.3 Å². The van der Waals surface area contributed by atoms with Crippen LogP contribution in [0.3, 0.4) is 0 Å². The molecule has 0 radical (unpaired) electrons. The third-order valence-corrected chi connectivity index (χ3v) is 9.98. The number of esters is 2. The van der Waals surface area contributed by atoms with Crippen LogP contribution < -0.4 is 9.80 Å². The molecule has 1 saturated carbocycles. The van der Waals surface area contributed by atoms with Gasteiger partial charge in [0.05, 0.1) is 25.6 Å². The molecule has 176 valence electrons. The van der Waals surface area contributed by atoms with Gasteiger partial charge in [-0.15, -0.1) is 23.5 Å². The maximum Gasteiger partial charge on any atom is 0.312 e. The Kier molecular flexibility index (Phi) is 5.21. The fourth-order valence-corrected chi connectivity index (χ4v) is 9.21. The normalized spacial score (nSPS) is 29.4. The Labute approximate surface area is 204 Å². The summed E-state index contributed by atoms with van der Waals surface area (Å²) in [6, 6.07) is 14.5. The van der Waals surface area contributed by atoms with Crippen LogP contribution in [0.15, 0.2) is 58.3 Å². The van der Waals surface area contributed by atoms with Crippen LogP contribution in [-0.2, 0) is 28.7 Å². The zero-order valence-corrected chi connectivity index (χ0v) is 20.6. The fourth-order valence-electron chi connectivity index (χ4n) is 5.38. The first-order chi connectivity index (χ1) is 16.3. The highest BCUT2D eigenvalue weighted by molar-refractivity contribution is 8.04. The molecule has 2 heterocycles. The van der Waals surface area contributed by atoms with Crippen molar-refractivity contribution >= 4 is 58.7 Å². The molecular weight excluding hydrogens is 476 g/mol. The summed E-state index contributed by atoms with van der Waals surface area (Å²) < 4.78 is 7.11. The highest BCUT2D eigenvalue weighted by Crippen LogP contribution is 2.72. The number of benzene rings is 2. The van der Waals surface area contributed by atoms with Crippen molar-refractivity contribution in [3.8, 4) is 0 Å². The summed E-state index contributed by atoms with van der Waals surface area (Å²) in [6.45, 7) is 0. The molecule has 1 fully saturated rings. The number of para-hydroxylation sites is 2. The quantitative estimate of drug-likeness (QED) is 0.584. The Hall–Kier alpha value is -2.98. The first-order valence-electron chi connectivity index (χ1n) is 10.5. The zero-order chi connectivity index (χ0) is 24.4.